The number of thioether (sulfide) groups is 1. The van der Waals surface area contributed by atoms with Gasteiger partial charge in [-0.2, -0.15) is 10.3 Å². The van der Waals surface area contributed by atoms with Gasteiger partial charge in [-0.1, -0.05) is 6.07 Å². The number of rotatable bonds is 4. The minimum atomic E-state index is -0.951. The maximum atomic E-state index is 11.0. The van der Waals surface area contributed by atoms with Gasteiger partial charge in [0.2, 0.25) is 5.65 Å². The standard InChI is InChI=1S/C16H12N6O2S/c17-13-6-12(14-15(19-13)21-22-20-14)25-7-10-3-1-8-5-9(16(23)24)2-4-11(8)18-10/h1-6H,7H2,(H,23,24)(H3,17,19,20,21,22). The zero-order valence-electron chi connectivity index (χ0n) is 12.8. The number of hydrogen-bond acceptors (Lipinski definition) is 7. The van der Waals surface area contributed by atoms with Gasteiger partial charge in [0, 0.05) is 16.0 Å². The van der Waals surface area contributed by atoms with Gasteiger partial charge in [0.15, 0.2) is 0 Å². The molecule has 0 aliphatic carbocycles. The van der Waals surface area contributed by atoms with Crippen molar-refractivity contribution in [3.8, 4) is 0 Å². The molecule has 0 saturated carbocycles. The lowest BCUT2D eigenvalue weighted by atomic mass is 10.1. The summed E-state index contributed by atoms with van der Waals surface area (Å²) in [5.74, 6) is 0.0483. The molecule has 0 atom stereocenters. The average molecular weight is 352 g/mol. The molecule has 124 valence electrons. The monoisotopic (exact) mass is 352 g/mol. The summed E-state index contributed by atoms with van der Waals surface area (Å²) in [5, 5.41) is 20.4. The number of carboxylic acid groups (broad SMARTS) is 1. The van der Waals surface area contributed by atoms with Gasteiger partial charge in [0.1, 0.15) is 11.3 Å². The highest BCUT2D eigenvalue weighted by Crippen LogP contribution is 2.29. The second-order valence-electron chi connectivity index (χ2n) is 5.34. The topological polar surface area (TPSA) is 131 Å². The molecule has 0 radical (unpaired) electrons. The molecule has 0 unspecified atom stereocenters. The Morgan fingerprint density at radius 3 is 2.88 bits per heavy atom. The Morgan fingerprint density at radius 2 is 2.04 bits per heavy atom. The molecule has 0 saturated heterocycles. The van der Waals surface area contributed by atoms with Gasteiger partial charge >= 0.3 is 5.97 Å². The first-order chi connectivity index (χ1) is 12.1. The number of aromatic amines is 1. The molecule has 3 heterocycles. The fourth-order valence-corrected chi connectivity index (χ4v) is 3.41. The van der Waals surface area contributed by atoms with Crippen molar-refractivity contribution in [1.82, 2.24) is 25.4 Å². The zero-order chi connectivity index (χ0) is 17.4. The van der Waals surface area contributed by atoms with Gasteiger partial charge in [-0.25, -0.2) is 9.78 Å². The average Bonchev–Trinajstić information content (AvgIpc) is 3.07. The number of anilines is 1. The van der Waals surface area contributed by atoms with Crippen LogP contribution in [0.1, 0.15) is 16.1 Å². The van der Waals surface area contributed by atoms with Crippen molar-refractivity contribution in [2.24, 2.45) is 0 Å². The molecule has 25 heavy (non-hydrogen) atoms. The van der Waals surface area contributed by atoms with E-state index in [9.17, 15) is 4.79 Å². The van der Waals surface area contributed by atoms with Crippen LogP contribution in [0.2, 0.25) is 0 Å². The lowest BCUT2D eigenvalue weighted by molar-refractivity contribution is 0.0697. The Kier molecular flexibility index (Phi) is 3.69. The number of nitrogens with zero attached hydrogens (tertiary/aromatic N) is 4. The summed E-state index contributed by atoms with van der Waals surface area (Å²) in [4.78, 5) is 20.6. The Morgan fingerprint density at radius 1 is 1.16 bits per heavy atom. The molecule has 4 N–H and O–H groups in total. The fourth-order valence-electron chi connectivity index (χ4n) is 2.47. The Labute approximate surface area is 145 Å². The number of nitrogens with one attached hydrogen (secondary N) is 1. The third-order valence-corrected chi connectivity index (χ3v) is 4.71. The normalized spacial score (nSPS) is 11.2. The van der Waals surface area contributed by atoms with E-state index in [1.54, 1.807) is 24.3 Å². The van der Waals surface area contributed by atoms with Gasteiger partial charge in [-0.05, 0) is 30.3 Å². The Balaban J connectivity index is 1.61. The highest BCUT2D eigenvalue weighted by Gasteiger charge is 2.10. The van der Waals surface area contributed by atoms with E-state index in [1.807, 2.05) is 12.1 Å². The lowest BCUT2D eigenvalue weighted by Crippen LogP contribution is -1.96. The zero-order valence-corrected chi connectivity index (χ0v) is 13.6. The number of pyridine rings is 2. The molecule has 0 bridgehead atoms. The van der Waals surface area contributed by atoms with E-state index in [2.05, 4.69) is 25.4 Å². The summed E-state index contributed by atoms with van der Waals surface area (Å²) in [7, 11) is 0. The van der Waals surface area contributed by atoms with E-state index in [1.165, 1.54) is 11.8 Å². The van der Waals surface area contributed by atoms with Crippen LogP contribution in [-0.4, -0.2) is 36.5 Å². The molecule has 4 rings (SSSR count). The van der Waals surface area contributed by atoms with E-state index < -0.39 is 5.97 Å². The van der Waals surface area contributed by atoms with Gasteiger partial charge in [-0.3, -0.25) is 4.98 Å². The van der Waals surface area contributed by atoms with E-state index in [4.69, 9.17) is 10.8 Å². The molecule has 0 fully saturated rings. The molecular weight excluding hydrogens is 340 g/mol. The lowest BCUT2D eigenvalue weighted by Gasteiger charge is -2.05. The third-order valence-electron chi connectivity index (χ3n) is 3.65. The molecule has 0 spiro atoms. The number of fused-ring (bicyclic) bond motifs is 2. The van der Waals surface area contributed by atoms with Crippen molar-refractivity contribution in [2.45, 2.75) is 10.6 Å². The second-order valence-corrected chi connectivity index (χ2v) is 6.36. The van der Waals surface area contributed by atoms with Crippen molar-refractivity contribution >= 4 is 45.6 Å². The number of H-pyrrole nitrogens is 1. The van der Waals surface area contributed by atoms with Gasteiger partial charge < -0.3 is 10.8 Å². The molecule has 0 aliphatic rings. The smallest absolute Gasteiger partial charge is 0.335 e. The number of hydrogen-bond donors (Lipinski definition) is 3. The summed E-state index contributed by atoms with van der Waals surface area (Å²) in [6, 6.07) is 10.4. The van der Waals surface area contributed by atoms with Crippen molar-refractivity contribution in [1.29, 1.82) is 0 Å². The van der Waals surface area contributed by atoms with Gasteiger partial charge in [-0.15, -0.1) is 16.9 Å². The maximum Gasteiger partial charge on any atom is 0.335 e. The molecule has 0 aliphatic heterocycles. The molecule has 1 aromatic carbocycles. The van der Waals surface area contributed by atoms with Crippen molar-refractivity contribution in [3.05, 3.63) is 47.7 Å². The molecule has 4 aromatic rings. The molecule has 8 nitrogen and oxygen atoms in total. The first-order valence-electron chi connectivity index (χ1n) is 7.33. The third kappa shape index (κ3) is 2.96. The highest BCUT2D eigenvalue weighted by molar-refractivity contribution is 7.98. The summed E-state index contributed by atoms with van der Waals surface area (Å²) in [5.41, 5.74) is 8.82. The quantitative estimate of drug-likeness (QED) is 0.477. The van der Waals surface area contributed by atoms with Crippen LogP contribution in [0.15, 0.2) is 41.3 Å². The Bertz CT molecular complexity index is 1110. The number of nitrogens with two attached hydrogens (primary N) is 1. The minimum Gasteiger partial charge on any atom is -0.478 e. The molecule has 9 heteroatoms. The van der Waals surface area contributed by atoms with Crippen LogP contribution in [0.25, 0.3) is 22.1 Å². The van der Waals surface area contributed by atoms with Gasteiger partial charge in [0.25, 0.3) is 0 Å². The molecule has 3 aromatic heterocycles. The van der Waals surface area contributed by atoms with Crippen LogP contribution in [0.3, 0.4) is 0 Å². The molecule has 0 amide bonds. The summed E-state index contributed by atoms with van der Waals surface area (Å²) in [6.07, 6.45) is 0. The van der Waals surface area contributed by atoms with Crippen molar-refractivity contribution < 1.29 is 9.90 Å². The van der Waals surface area contributed by atoms with E-state index >= 15 is 0 Å². The first-order valence-corrected chi connectivity index (χ1v) is 8.31. The Hall–Kier alpha value is -3.20. The van der Waals surface area contributed by atoms with Crippen LogP contribution in [-0.2, 0) is 5.75 Å². The van der Waals surface area contributed by atoms with Crippen LogP contribution in [0.5, 0.6) is 0 Å². The number of aromatic carboxylic acids is 1. The number of nitrogen functional groups attached to an aromatic ring is 1. The van der Waals surface area contributed by atoms with Crippen LogP contribution < -0.4 is 5.73 Å². The van der Waals surface area contributed by atoms with E-state index in [-0.39, 0.29) is 5.56 Å². The number of carbonyl (C=O) groups is 1. The minimum absolute atomic E-state index is 0.247. The van der Waals surface area contributed by atoms with Crippen LogP contribution in [0, 0.1) is 0 Å². The fraction of sp³-hybridized carbons (Fsp3) is 0.0625. The maximum absolute atomic E-state index is 11.0. The van der Waals surface area contributed by atoms with E-state index in [0.717, 1.165) is 21.5 Å². The highest BCUT2D eigenvalue weighted by atomic mass is 32.2. The summed E-state index contributed by atoms with van der Waals surface area (Å²) < 4.78 is 0. The summed E-state index contributed by atoms with van der Waals surface area (Å²) >= 11 is 1.54. The number of benzene rings is 1. The van der Waals surface area contributed by atoms with Gasteiger partial charge in [0.05, 0.1) is 16.8 Å². The van der Waals surface area contributed by atoms with Crippen molar-refractivity contribution in [3.63, 3.8) is 0 Å². The summed E-state index contributed by atoms with van der Waals surface area (Å²) in [6.45, 7) is 0. The van der Waals surface area contributed by atoms with Crippen molar-refractivity contribution in [2.75, 3.05) is 5.73 Å². The predicted octanol–water partition coefficient (Wildman–Crippen LogP) is 2.47. The first kappa shape index (κ1) is 15.3. The predicted molar refractivity (Wildman–Crippen MR) is 94.4 cm³/mol. The van der Waals surface area contributed by atoms with Crippen LogP contribution >= 0.6 is 11.8 Å². The largest absolute Gasteiger partial charge is 0.478 e. The van der Waals surface area contributed by atoms with E-state index in [0.29, 0.717) is 22.7 Å². The second kappa shape index (κ2) is 6.02. The molecular formula is C16H12N6O2S. The number of aromatic nitrogens is 5. The van der Waals surface area contributed by atoms with Crippen LogP contribution in [0.4, 0.5) is 5.82 Å². The number of carboxylic acids is 1. The SMILES string of the molecule is Nc1cc(SCc2ccc3cc(C(=O)O)ccc3n2)c2n[nH]nc2n1.